The highest BCUT2D eigenvalue weighted by Crippen LogP contribution is 2.65. The van der Waals surface area contributed by atoms with Crippen molar-refractivity contribution in [3.05, 3.63) is 35.4 Å². The fraction of sp³-hybridized carbons (Fsp3) is 0.565. The average molecular weight is 391 g/mol. The Morgan fingerprint density at radius 3 is 3.10 bits per heavy atom. The van der Waals surface area contributed by atoms with E-state index in [1.165, 1.54) is 24.5 Å². The first kappa shape index (κ1) is 16.6. The van der Waals surface area contributed by atoms with Gasteiger partial charge < -0.3 is 15.0 Å². The third kappa shape index (κ3) is 1.86. The minimum atomic E-state index is -0.0848. The molecule has 6 nitrogen and oxygen atoms in total. The van der Waals surface area contributed by atoms with Crippen LogP contribution in [0.1, 0.15) is 31.7 Å². The Morgan fingerprint density at radius 2 is 2.24 bits per heavy atom. The van der Waals surface area contributed by atoms with Gasteiger partial charge in [-0.3, -0.25) is 14.5 Å². The number of nitrogens with zero attached hydrogens (tertiary/aromatic N) is 2. The van der Waals surface area contributed by atoms with Crippen LogP contribution in [0, 0.1) is 11.8 Å². The van der Waals surface area contributed by atoms with Crippen molar-refractivity contribution >= 4 is 23.2 Å². The minimum Gasteiger partial charge on any atom is -0.373 e. The molecular weight excluding hydrogens is 366 g/mol. The molecule has 1 aromatic rings. The molecule has 7 rings (SSSR count). The van der Waals surface area contributed by atoms with Crippen molar-refractivity contribution < 1.29 is 14.3 Å². The lowest BCUT2D eigenvalue weighted by Gasteiger charge is -2.58. The molecule has 1 saturated carbocycles. The minimum absolute atomic E-state index is 0.00118. The maximum absolute atomic E-state index is 13.4. The normalized spacial score (nSPS) is 41.0. The summed E-state index contributed by atoms with van der Waals surface area (Å²) in [5.41, 5.74) is 4.64. The molecule has 1 aliphatic carbocycles. The van der Waals surface area contributed by atoms with E-state index in [0.29, 0.717) is 30.9 Å². The van der Waals surface area contributed by atoms with Crippen molar-refractivity contribution in [2.24, 2.45) is 11.8 Å². The molecule has 0 unspecified atom stereocenters. The van der Waals surface area contributed by atoms with Crippen LogP contribution in [0.15, 0.2) is 29.8 Å². The van der Waals surface area contributed by atoms with Gasteiger partial charge in [0.25, 0.3) is 0 Å². The summed E-state index contributed by atoms with van der Waals surface area (Å²) < 4.78 is 6.27. The van der Waals surface area contributed by atoms with Gasteiger partial charge in [-0.25, -0.2) is 0 Å². The summed E-state index contributed by atoms with van der Waals surface area (Å²) in [4.78, 5) is 29.8. The molecule has 1 aromatic carbocycles. The maximum Gasteiger partial charge on any atom is 0.229 e. The first-order valence-electron chi connectivity index (χ1n) is 10.9. The second-order valence-corrected chi connectivity index (χ2v) is 9.67. The molecule has 6 atom stereocenters. The number of hydrogen-bond acceptors (Lipinski definition) is 4. The first-order valence-corrected chi connectivity index (χ1v) is 10.9. The van der Waals surface area contributed by atoms with Crippen LogP contribution in [0.5, 0.6) is 0 Å². The molecule has 2 amide bonds. The zero-order valence-corrected chi connectivity index (χ0v) is 16.6. The van der Waals surface area contributed by atoms with Crippen molar-refractivity contribution in [3.63, 3.8) is 0 Å². The van der Waals surface area contributed by atoms with Crippen molar-refractivity contribution in [2.45, 2.75) is 49.8 Å². The number of hydrogen-bond donors (Lipinski definition) is 1. The Hall–Kier alpha value is -2.18. The van der Waals surface area contributed by atoms with E-state index in [1.54, 1.807) is 0 Å². The van der Waals surface area contributed by atoms with Crippen molar-refractivity contribution in [2.75, 3.05) is 29.9 Å². The molecule has 5 aliphatic heterocycles. The molecule has 4 fully saturated rings. The molecule has 3 saturated heterocycles. The molecule has 150 valence electrons. The van der Waals surface area contributed by atoms with Gasteiger partial charge >= 0.3 is 0 Å². The first-order chi connectivity index (χ1) is 14.1. The summed E-state index contributed by atoms with van der Waals surface area (Å²) in [6, 6.07) is 6.90. The van der Waals surface area contributed by atoms with Crippen LogP contribution >= 0.6 is 0 Å². The van der Waals surface area contributed by atoms with Crippen LogP contribution in [0.2, 0.25) is 0 Å². The van der Waals surface area contributed by atoms with E-state index < -0.39 is 0 Å². The van der Waals surface area contributed by atoms with E-state index in [1.807, 2.05) is 12.1 Å². The van der Waals surface area contributed by atoms with Crippen LogP contribution in [-0.2, 0) is 19.7 Å². The lowest BCUT2D eigenvalue weighted by molar-refractivity contribution is -0.132. The summed E-state index contributed by atoms with van der Waals surface area (Å²) in [5.74, 6) is 0.990. The van der Waals surface area contributed by atoms with E-state index in [2.05, 4.69) is 27.3 Å². The highest BCUT2D eigenvalue weighted by atomic mass is 16.5. The Bertz CT molecular complexity index is 1000. The van der Waals surface area contributed by atoms with E-state index in [0.717, 1.165) is 30.9 Å². The van der Waals surface area contributed by atoms with Gasteiger partial charge in [0.1, 0.15) is 0 Å². The van der Waals surface area contributed by atoms with Crippen LogP contribution in [0.4, 0.5) is 11.4 Å². The van der Waals surface area contributed by atoms with Crippen LogP contribution in [0.25, 0.3) is 0 Å². The van der Waals surface area contributed by atoms with Crippen molar-refractivity contribution in [1.29, 1.82) is 0 Å². The Balaban J connectivity index is 1.47. The van der Waals surface area contributed by atoms with E-state index in [4.69, 9.17) is 4.74 Å². The second kappa shape index (κ2) is 5.29. The van der Waals surface area contributed by atoms with Gasteiger partial charge in [-0.1, -0.05) is 17.7 Å². The van der Waals surface area contributed by atoms with Gasteiger partial charge in [0, 0.05) is 42.2 Å². The van der Waals surface area contributed by atoms with Gasteiger partial charge in [-0.2, -0.15) is 0 Å². The zero-order valence-electron chi connectivity index (χ0n) is 16.6. The van der Waals surface area contributed by atoms with Gasteiger partial charge in [-0.05, 0) is 43.0 Å². The lowest BCUT2D eigenvalue weighted by Crippen LogP contribution is -2.69. The second-order valence-electron chi connectivity index (χ2n) is 9.67. The number of carbonyl (C=O) groups is 2. The lowest BCUT2D eigenvalue weighted by atomic mass is 9.53. The van der Waals surface area contributed by atoms with Gasteiger partial charge in [0.15, 0.2) is 0 Å². The highest BCUT2D eigenvalue weighted by Gasteiger charge is 2.70. The molecule has 0 radical (unpaired) electrons. The van der Waals surface area contributed by atoms with Gasteiger partial charge in [0.2, 0.25) is 11.8 Å². The highest BCUT2D eigenvalue weighted by molar-refractivity contribution is 6.00. The van der Waals surface area contributed by atoms with Crippen LogP contribution in [-0.4, -0.2) is 54.6 Å². The summed E-state index contributed by atoms with van der Waals surface area (Å²) >= 11 is 0. The molecule has 29 heavy (non-hydrogen) atoms. The number of ether oxygens (including phenoxy) is 1. The summed E-state index contributed by atoms with van der Waals surface area (Å²) in [7, 11) is 0. The van der Waals surface area contributed by atoms with E-state index in [9.17, 15) is 9.59 Å². The van der Waals surface area contributed by atoms with Gasteiger partial charge in [-0.15, -0.1) is 0 Å². The number of fused-ring (bicyclic) bond motifs is 2. The predicted octanol–water partition coefficient (Wildman–Crippen LogP) is 2.05. The fourth-order valence-electron chi connectivity index (χ4n) is 7.84. The van der Waals surface area contributed by atoms with Crippen LogP contribution < -0.4 is 10.2 Å². The predicted molar refractivity (Wildman–Crippen MR) is 108 cm³/mol. The summed E-state index contributed by atoms with van der Waals surface area (Å²) in [6.45, 7) is 4.32. The molecule has 2 bridgehead atoms. The van der Waals surface area contributed by atoms with E-state index >= 15 is 0 Å². The third-order valence-electron chi connectivity index (χ3n) is 8.63. The Kier molecular flexibility index (Phi) is 3.03. The fourth-order valence-corrected chi connectivity index (χ4v) is 7.84. The summed E-state index contributed by atoms with van der Waals surface area (Å²) in [6.07, 6.45) is 5.07. The van der Waals surface area contributed by atoms with Crippen LogP contribution in [0.3, 0.4) is 0 Å². The Labute approximate surface area is 169 Å². The average Bonchev–Trinajstić information content (AvgIpc) is 3.15. The topological polar surface area (TPSA) is 61.9 Å². The number of amides is 2. The molecule has 1 N–H and O–H groups in total. The number of benzene rings is 1. The molecule has 6 aliphatic rings. The molecule has 6 heteroatoms. The van der Waals surface area contributed by atoms with Gasteiger partial charge in [0.05, 0.1) is 25.2 Å². The maximum atomic E-state index is 13.4. The SMILES string of the molecule is CC(=O)Nc1ccc2c(c1)N1C(=O)C[C@@H]3OCC=C4CN5CC[C@]26[C@@H]5C[C@@H]4[C@@H]3[C@H]16. The molecule has 5 heterocycles. The largest absolute Gasteiger partial charge is 0.373 e. The summed E-state index contributed by atoms with van der Waals surface area (Å²) in [5, 5.41) is 2.91. The van der Waals surface area contributed by atoms with Crippen molar-refractivity contribution in [1.82, 2.24) is 4.90 Å². The Morgan fingerprint density at radius 1 is 1.34 bits per heavy atom. The zero-order chi connectivity index (χ0) is 19.5. The number of anilines is 2. The molecule has 0 aromatic heterocycles. The van der Waals surface area contributed by atoms with Crippen molar-refractivity contribution in [3.8, 4) is 0 Å². The smallest absolute Gasteiger partial charge is 0.229 e. The monoisotopic (exact) mass is 391 g/mol. The number of nitrogens with one attached hydrogen (secondary N) is 1. The number of carbonyl (C=O) groups excluding carboxylic acids is 2. The number of rotatable bonds is 1. The molecule has 1 spiro atoms. The quantitative estimate of drug-likeness (QED) is 0.745. The molecular formula is C23H25N3O3. The number of piperidine rings is 2. The third-order valence-corrected chi connectivity index (χ3v) is 8.63. The standard InChI is InChI=1S/C23H25N3O3/c1-12(27)24-14-2-3-16-17(8-14)26-20(28)10-18-21-15-9-19-23(16,22(21)26)5-6-25(19)11-13(15)4-7-29-18/h2-4,8,15,18-19,21-22H,5-7,9-11H2,1H3,(H,24,27)/t15-,18-,19-,21-,22-,23+/m0/s1. The van der Waals surface area contributed by atoms with E-state index in [-0.39, 0.29) is 29.4 Å².